The van der Waals surface area contributed by atoms with E-state index >= 15 is 0 Å². The molecule has 0 aliphatic carbocycles. The van der Waals surface area contributed by atoms with Crippen LogP contribution >= 0.6 is 0 Å². The molecule has 0 saturated heterocycles. The van der Waals surface area contributed by atoms with Crippen molar-refractivity contribution >= 4 is 22.0 Å². The van der Waals surface area contributed by atoms with Crippen LogP contribution in [0.5, 0.6) is 0 Å². The van der Waals surface area contributed by atoms with E-state index in [0.29, 0.717) is 12.4 Å². The minimum Gasteiger partial charge on any atom is -0.291 e. The molecule has 2 aromatic heterocycles. The summed E-state index contributed by atoms with van der Waals surface area (Å²) in [6, 6.07) is 1.93. The minimum atomic E-state index is -1.17. The predicted octanol–water partition coefficient (Wildman–Crippen LogP) is 1.52. The van der Waals surface area contributed by atoms with Crippen molar-refractivity contribution in [3.63, 3.8) is 0 Å². The van der Waals surface area contributed by atoms with E-state index in [9.17, 15) is 4.21 Å². The van der Waals surface area contributed by atoms with Gasteiger partial charge >= 0.3 is 0 Å². The quantitative estimate of drug-likeness (QED) is 0.783. The first kappa shape index (κ1) is 12.2. The molecule has 0 bridgehead atoms. The van der Waals surface area contributed by atoms with Gasteiger partial charge in [0.2, 0.25) is 0 Å². The van der Waals surface area contributed by atoms with Crippen molar-refractivity contribution in [1.29, 1.82) is 0 Å². The molecule has 1 unspecified atom stereocenters. The van der Waals surface area contributed by atoms with Crippen molar-refractivity contribution in [2.24, 2.45) is 0 Å². The van der Waals surface area contributed by atoms with Gasteiger partial charge in [-0.3, -0.25) is 13.8 Å². The van der Waals surface area contributed by atoms with Gasteiger partial charge in [0.1, 0.15) is 0 Å². The van der Waals surface area contributed by atoms with Gasteiger partial charge in [0.25, 0.3) is 0 Å². The van der Waals surface area contributed by atoms with E-state index in [0.717, 1.165) is 23.9 Å². The molecule has 1 atom stereocenters. The number of nitrogens with zero attached hydrogens (tertiary/aromatic N) is 3. The fourth-order valence-corrected chi connectivity index (χ4v) is 2.36. The Hall–Kier alpha value is -1.27. The monoisotopic (exact) mass is 253 g/mol. The number of rotatable bonds is 6. The van der Waals surface area contributed by atoms with Crippen LogP contribution < -0.4 is 0 Å². The smallest absolute Gasteiger partial charge is 0.155 e. The zero-order valence-corrected chi connectivity index (χ0v) is 10.5. The lowest BCUT2D eigenvalue weighted by Crippen LogP contribution is -2.07. The first-order valence-corrected chi connectivity index (χ1v) is 6.83. The SMILES string of the molecule is CCOS(=O)CCCn1ncc2ccncc21. The largest absolute Gasteiger partial charge is 0.291 e. The maximum atomic E-state index is 11.3. The van der Waals surface area contributed by atoms with Crippen molar-refractivity contribution < 1.29 is 8.39 Å². The van der Waals surface area contributed by atoms with Gasteiger partial charge in [-0.05, 0) is 19.4 Å². The Morgan fingerprint density at radius 3 is 3.18 bits per heavy atom. The Balaban J connectivity index is 1.93. The van der Waals surface area contributed by atoms with E-state index in [1.54, 1.807) is 12.4 Å². The molecule has 2 rings (SSSR count). The van der Waals surface area contributed by atoms with E-state index in [2.05, 4.69) is 10.1 Å². The zero-order valence-electron chi connectivity index (χ0n) is 9.70. The average Bonchev–Trinajstić information content (AvgIpc) is 2.73. The summed E-state index contributed by atoms with van der Waals surface area (Å²) < 4.78 is 18.1. The third-order valence-corrected chi connectivity index (χ3v) is 3.50. The van der Waals surface area contributed by atoms with Gasteiger partial charge < -0.3 is 0 Å². The summed E-state index contributed by atoms with van der Waals surface area (Å²) in [5.41, 5.74) is 1.01. The molecule has 0 amide bonds. The van der Waals surface area contributed by atoms with Crippen molar-refractivity contribution in [2.75, 3.05) is 12.4 Å². The molecule has 5 nitrogen and oxygen atoms in total. The van der Waals surface area contributed by atoms with Crippen LogP contribution in [-0.2, 0) is 21.8 Å². The highest BCUT2D eigenvalue weighted by atomic mass is 32.2. The molecule has 0 fully saturated rings. The Kier molecular flexibility index (Phi) is 4.22. The van der Waals surface area contributed by atoms with Gasteiger partial charge in [-0.2, -0.15) is 5.10 Å². The second kappa shape index (κ2) is 5.88. The summed E-state index contributed by atoms with van der Waals surface area (Å²) in [5, 5.41) is 5.35. The number of aromatic nitrogens is 3. The van der Waals surface area contributed by atoms with Gasteiger partial charge in [-0.25, -0.2) is 4.21 Å². The van der Waals surface area contributed by atoms with Crippen molar-refractivity contribution in [3.8, 4) is 0 Å². The maximum Gasteiger partial charge on any atom is 0.155 e. The molecule has 17 heavy (non-hydrogen) atoms. The standard InChI is InChI=1S/C11H15N3O2S/c1-2-16-17(15)7-3-6-14-11-9-12-5-4-10(11)8-13-14/h4-5,8-9H,2-3,6-7H2,1H3. The molecule has 0 aromatic carbocycles. The first-order valence-electron chi connectivity index (χ1n) is 5.58. The Bertz CT molecular complexity index is 512. The third kappa shape index (κ3) is 3.10. The summed E-state index contributed by atoms with van der Waals surface area (Å²) in [6.07, 6.45) is 6.13. The van der Waals surface area contributed by atoms with Crippen LogP contribution in [0.4, 0.5) is 0 Å². The summed E-state index contributed by atoms with van der Waals surface area (Å²) in [4.78, 5) is 4.07. The lowest BCUT2D eigenvalue weighted by Gasteiger charge is -2.03. The van der Waals surface area contributed by atoms with Crippen molar-refractivity contribution in [3.05, 3.63) is 24.7 Å². The second-order valence-electron chi connectivity index (χ2n) is 3.57. The van der Waals surface area contributed by atoms with E-state index < -0.39 is 11.1 Å². The van der Waals surface area contributed by atoms with Crippen LogP contribution in [0.3, 0.4) is 0 Å². The summed E-state index contributed by atoms with van der Waals surface area (Å²) in [7, 11) is 0. The van der Waals surface area contributed by atoms with Crippen LogP contribution in [0.25, 0.3) is 10.9 Å². The summed E-state index contributed by atoms with van der Waals surface area (Å²) in [5.74, 6) is 0.537. The van der Waals surface area contributed by atoms with E-state index in [4.69, 9.17) is 4.18 Å². The van der Waals surface area contributed by atoms with Crippen LogP contribution in [0.1, 0.15) is 13.3 Å². The van der Waals surface area contributed by atoms with Gasteiger partial charge in [0.05, 0.1) is 30.3 Å². The number of aryl methyl sites for hydroxylation is 1. The summed E-state index contributed by atoms with van der Waals surface area (Å²) in [6.45, 7) is 3.06. The van der Waals surface area contributed by atoms with Crippen LogP contribution in [0.2, 0.25) is 0 Å². The third-order valence-electron chi connectivity index (χ3n) is 2.38. The van der Waals surface area contributed by atoms with Gasteiger partial charge in [0, 0.05) is 18.1 Å². The zero-order chi connectivity index (χ0) is 12.1. The fraction of sp³-hybridized carbons (Fsp3) is 0.455. The minimum absolute atomic E-state index is 0.487. The molecule has 2 heterocycles. The Morgan fingerprint density at radius 1 is 1.47 bits per heavy atom. The molecule has 0 saturated carbocycles. The van der Waals surface area contributed by atoms with E-state index in [1.165, 1.54) is 0 Å². The van der Waals surface area contributed by atoms with Crippen LogP contribution in [-0.4, -0.2) is 31.3 Å². The maximum absolute atomic E-state index is 11.3. The Morgan fingerprint density at radius 2 is 2.35 bits per heavy atom. The predicted molar refractivity (Wildman–Crippen MR) is 66.8 cm³/mol. The highest BCUT2D eigenvalue weighted by molar-refractivity contribution is 7.80. The summed E-state index contributed by atoms with van der Waals surface area (Å²) >= 11 is -1.17. The molecule has 2 aromatic rings. The molecule has 0 N–H and O–H groups in total. The molecule has 6 heteroatoms. The molecular weight excluding hydrogens is 238 g/mol. The van der Waals surface area contributed by atoms with E-state index in [1.807, 2.05) is 23.9 Å². The number of hydrogen-bond acceptors (Lipinski definition) is 4. The topological polar surface area (TPSA) is 57.0 Å². The van der Waals surface area contributed by atoms with Crippen LogP contribution in [0, 0.1) is 0 Å². The second-order valence-corrected chi connectivity index (χ2v) is 4.82. The number of hydrogen-bond donors (Lipinski definition) is 0. The Labute approximate surface area is 102 Å². The fourth-order valence-electron chi connectivity index (χ4n) is 1.62. The molecular formula is C11H15N3O2S. The number of pyridine rings is 1. The van der Waals surface area contributed by atoms with Crippen LogP contribution in [0.15, 0.2) is 24.7 Å². The number of fused-ring (bicyclic) bond motifs is 1. The average molecular weight is 253 g/mol. The molecule has 92 valence electrons. The molecule has 0 aliphatic rings. The van der Waals surface area contributed by atoms with Crippen molar-refractivity contribution in [1.82, 2.24) is 14.8 Å². The van der Waals surface area contributed by atoms with Gasteiger partial charge in [0.15, 0.2) is 11.1 Å². The molecule has 0 spiro atoms. The van der Waals surface area contributed by atoms with Gasteiger partial charge in [-0.15, -0.1) is 0 Å². The lowest BCUT2D eigenvalue weighted by molar-refractivity contribution is 0.370. The van der Waals surface area contributed by atoms with E-state index in [-0.39, 0.29) is 0 Å². The van der Waals surface area contributed by atoms with Crippen molar-refractivity contribution in [2.45, 2.75) is 19.9 Å². The molecule has 0 radical (unpaired) electrons. The molecule has 0 aliphatic heterocycles. The van der Waals surface area contributed by atoms with Gasteiger partial charge in [-0.1, -0.05) is 0 Å². The lowest BCUT2D eigenvalue weighted by atomic mass is 10.3. The first-order chi connectivity index (χ1) is 8.31. The highest BCUT2D eigenvalue weighted by Crippen LogP contribution is 2.11. The normalized spacial score (nSPS) is 13.0. The highest BCUT2D eigenvalue weighted by Gasteiger charge is 2.03.